The molecule has 1 fully saturated rings. The van der Waals surface area contributed by atoms with Crippen molar-refractivity contribution in [3.05, 3.63) is 64.1 Å². The van der Waals surface area contributed by atoms with Crippen LogP contribution >= 0.6 is 9.24 Å². The largest absolute Gasteiger partial charge is 0.348 e. The Balaban J connectivity index is 1.59. The molecule has 3 heterocycles. The van der Waals surface area contributed by atoms with Gasteiger partial charge in [-0.05, 0) is 44.4 Å². The predicted octanol–water partition coefficient (Wildman–Crippen LogP) is 3.47. The maximum absolute atomic E-state index is 14.3. The molecular weight excluding hydrogens is 582 g/mol. The molecule has 228 valence electrons. The molecule has 2 aromatic heterocycles. The van der Waals surface area contributed by atoms with Gasteiger partial charge < -0.3 is 20.1 Å². The highest BCUT2D eigenvalue weighted by Gasteiger charge is 2.36. The maximum Gasteiger partial charge on any atom is 0.315 e. The average molecular weight is 615 g/mol. The fraction of sp³-hybridized carbons (Fsp3) is 0.481. The fourth-order valence-corrected chi connectivity index (χ4v) is 4.69. The van der Waals surface area contributed by atoms with Crippen molar-refractivity contribution in [2.45, 2.75) is 63.4 Å². The number of aromatic nitrogens is 3. The number of pyridine rings is 1. The van der Waals surface area contributed by atoms with Crippen molar-refractivity contribution in [2.75, 3.05) is 6.54 Å². The van der Waals surface area contributed by atoms with Gasteiger partial charge in [0.05, 0.1) is 17.8 Å². The van der Waals surface area contributed by atoms with Gasteiger partial charge in [0, 0.05) is 43.9 Å². The van der Waals surface area contributed by atoms with E-state index in [-0.39, 0.29) is 42.6 Å². The van der Waals surface area contributed by atoms with Gasteiger partial charge in [0.25, 0.3) is 5.56 Å². The Bertz CT molecular complexity index is 1450. The first-order valence-corrected chi connectivity index (χ1v) is 13.8. The fourth-order valence-electron chi connectivity index (χ4n) is 4.55. The average Bonchev–Trinajstić information content (AvgIpc) is 3.66. The summed E-state index contributed by atoms with van der Waals surface area (Å²) in [5.41, 5.74) is -5.50. The Morgan fingerprint density at radius 3 is 2.50 bits per heavy atom. The van der Waals surface area contributed by atoms with Crippen LogP contribution in [0.1, 0.15) is 38.8 Å². The van der Waals surface area contributed by atoms with Crippen molar-refractivity contribution < 1.29 is 31.5 Å². The molecule has 1 aliphatic heterocycles. The summed E-state index contributed by atoms with van der Waals surface area (Å²) in [6.07, 6.45) is 6.98. The molecule has 42 heavy (non-hydrogen) atoms. The Morgan fingerprint density at radius 1 is 1.21 bits per heavy atom. The molecule has 2 aromatic rings. The number of carbonyl (C=O) groups is 2. The number of allylic oxidation sites excluding steroid dienone is 1. The predicted molar refractivity (Wildman–Crippen MR) is 148 cm³/mol. The standard InChI is InChI=1S/C27H32F5N6O3P/c1-26(2,14-38-20(11-21(35-38)27(31,32)42)17-10-18(28)24(41)36(3)13-17)34-23(40)19(33-22(39)16-6-7-16)9-15-5-4-8-37(12-15)25(29)30/h4-5,10-13,16,19,25H,6-9,14,42H2,1-3H3,(H,33,39)(H,34,40). The van der Waals surface area contributed by atoms with E-state index in [0.29, 0.717) is 18.4 Å². The highest BCUT2D eigenvalue weighted by molar-refractivity contribution is 7.17. The summed E-state index contributed by atoms with van der Waals surface area (Å²) in [5.74, 6) is -2.24. The van der Waals surface area contributed by atoms with Crippen LogP contribution in [0, 0.1) is 11.7 Å². The van der Waals surface area contributed by atoms with Gasteiger partial charge in [-0.25, -0.2) is 4.39 Å². The molecule has 0 radical (unpaired) electrons. The van der Waals surface area contributed by atoms with Crippen molar-refractivity contribution in [1.29, 1.82) is 0 Å². The molecule has 0 bridgehead atoms. The second-order valence-corrected chi connectivity index (χ2v) is 11.9. The van der Waals surface area contributed by atoms with Crippen LogP contribution in [-0.4, -0.2) is 55.7 Å². The molecule has 2 aliphatic rings. The third kappa shape index (κ3) is 7.64. The zero-order chi connectivity index (χ0) is 31.0. The van der Waals surface area contributed by atoms with Crippen LogP contribution in [0.2, 0.25) is 0 Å². The van der Waals surface area contributed by atoms with E-state index < -0.39 is 46.8 Å². The molecule has 2 amide bonds. The van der Waals surface area contributed by atoms with E-state index in [0.717, 1.165) is 21.6 Å². The van der Waals surface area contributed by atoms with E-state index in [1.165, 1.54) is 39.4 Å². The van der Waals surface area contributed by atoms with Gasteiger partial charge in [-0.2, -0.15) is 22.7 Å². The Hall–Kier alpha value is -3.54. The molecule has 0 spiro atoms. The topological polar surface area (TPSA) is 101 Å². The summed E-state index contributed by atoms with van der Waals surface area (Å²) in [7, 11) is 2.70. The van der Waals surface area contributed by atoms with Crippen LogP contribution in [0.3, 0.4) is 0 Å². The summed E-state index contributed by atoms with van der Waals surface area (Å²) < 4.78 is 71.3. The second-order valence-electron chi connectivity index (χ2n) is 11.2. The normalized spacial score (nSPS) is 16.4. The van der Waals surface area contributed by atoms with Crippen LogP contribution in [0.25, 0.3) is 11.3 Å². The first kappa shape index (κ1) is 31.4. The van der Waals surface area contributed by atoms with Gasteiger partial charge in [-0.3, -0.25) is 19.1 Å². The Kier molecular flexibility index (Phi) is 8.96. The van der Waals surface area contributed by atoms with Gasteiger partial charge in [0.2, 0.25) is 11.8 Å². The number of halogens is 5. The SMILES string of the molecule is Cn1cc(-c2cc(C(F)(F)P)nn2CC(C)(C)NC(=O)C(CC2=CN(C(F)F)CC=C2)NC(=O)C2CC2)cc(F)c1=O. The van der Waals surface area contributed by atoms with Crippen molar-refractivity contribution in [3.8, 4) is 11.3 Å². The number of nitrogens with zero attached hydrogens (tertiary/aromatic N) is 4. The smallest absolute Gasteiger partial charge is 0.315 e. The molecule has 2 atom stereocenters. The summed E-state index contributed by atoms with van der Waals surface area (Å²) in [6, 6.07) is 0.885. The van der Waals surface area contributed by atoms with Gasteiger partial charge >= 0.3 is 12.2 Å². The molecule has 9 nitrogen and oxygen atoms in total. The molecular formula is C27H32F5N6O3P. The molecule has 1 aliphatic carbocycles. The number of nitrogens with one attached hydrogen (secondary N) is 2. The maximum atomic E-state index is 14.3. The Labute approximate surface area is 241 Å². The van der Waals surface area contributed by atoms with Crippen LogP contribution in [-0.2, 0) is 28.8 Å². The lowest BCUT2D eigenvalue weighted by Crippen LogP contribution is -2.55. The van der Waals surface area contributed by atoms with Crippen LogP contribution in [0.5, 0.6) is 0 Å². The minimum absolute atomic E-state index is 0.00245. The molecule has 0 aromatic carbocycles. The minimum atomic E-state index is -3.42. The van der Waals surface area contributed by atoms with E-state index in [1.54, 1.807) is 19.9 Å². The van der Waals surface area contributed by atoms with Crippen LogP contribution in [0.4, 0.5) is 22.0 Å². The number of hydrogen-bond donors (Lipinski definition) is 2. The summed E-state index contributed by atoms with van der Waals surface area (Å²) in [5, 5.41) is 9.50. The highest BCUT2D eigenvalue weighted by atomic mass is 31.0. The van der Waals surface area contributed by atoms with Crippen molar-refractivity contribution >= 4 is 21.1 Å². The zero-order valence-electron chi connectivity index (χ0n) is 23.2. The summed E-state index contributed by atoms with van der Waals surface area (Å²) in [6.45, 7) is 0.315. The third-order valence-corrected chi connectivity index (χ3v) is 7.11. The van der Waals surface area contributed by atoms with Gasteiger partial charge in [0.1, 0.15) is 11.7 Å². The third-order valence-electron chi connectivity index (χ3n) is 6.81. The summed E-state index contributed by atoms with van der Waals surface area (Å²) >= 11 is 0. The zero-order valence-corrected chi connectivity index (χ0v) is 24.4. The van der Waals surface area contributed by atoms with Gasteiger partial charge in [-0.1, -0.05) is 21.4 Å². The second kappa shape index (κ2) is 12.0. The van der Waals surface area contributed by atoms with Crippen molar-refractivity contribution in [3.63, 3.8) is 0 Å². The van der Waals surface area contributed by atoms with Gasteiger partial charge in [0.15, 0.2) is 5.82 Å². The lowest BCUT2D eigenvalue weighted by atomic mass is 10.0. The highest BCUT2D eigenvalue weighted by Crippen LogP contribution is 2.36. The van der Waals surface area contributed by atoms with E-state index in [1.807, 2.05) is 0 Å². The number of hydrogen-bond acceptors (Lipinski definition) is 5. The number of rotatable bonds is 11. The molecule has 2 N–H and O–H groups in total. The first-order valence-electron chi connectivity index (χ1n) is 13.2. The lowest BCUT2D eigenvalue weighted by molar-refractivity contribution is -0.130. The van der Waals surface area contributed by atoms with E-state index in [9.17, 15) is 36.3 Å². The quantitative estimate of drug-likeness (QED) is 0.230. The lowest BCUT2D eigenvalue weighted by Gasteiger charge is -2.30. The summed E-state index contributed by atoms with van der Waals surface area (Å²) in [4.78, 5) is 38.7. The van der Waals surface area contributed by atoms with E-state index >= 15 is 0 Å². The van der Waals surface area contributed by atoms with Crippen LogP contribution in [0.15, 0.2) is 47.0 Å². The first-order chi connectivity index (χ1) is 19.5. The van der Waals surface area contributed by atoms with Gasteiger partial charge in [-0.15, -0.1) is 0 Å². The molecule has 0 saturated heterocycles. The van der Waals surface area contributed by atoms with E-state index in [4.69, 9.17) is 0 Å². The molecule has 15 heteroatoms. The number of alkyl halides is 4. The number of carbonyl (C=O) groups excluding carboxylic acids is 2. The van der Waals surface area contributed by atoms with E-state index in [2.05, 4.69) is 15.7 Å². The molecule has 1 saturated carbocycles. The van der Waals surface area contributed by atoms with Crippen molar-refractivity contribution in [1.82, 2.24) is 29.9 Å². The Morgan fingerprint density at radius 2 is 1.90 bits per heavy atom. The molecule has 4 rings (SSSR count). The molecule has 2 unspecified atom stereocenters. The number of amides is 2. The van der Waals surface area contributed by atoms with Crippen LogP contribution < -0.4 is 16.2 Å². The van der Waals surface area contributed by atoms with Crippen molar-refractivity contribution in [2.24, 2.45) is 13.0 Å². The monoisotopic (exact) mass is 614 g/mol. The minimum Gasteiger partial charge on any atom is -0.348 e. The number of aryl methyl sites for hydroxylation is 1.